The Bertz CT molecular complexity index is 783. The smallest absolute Gasteiger partial charge is 0.362 e. The van der Waals surface area contributed by atoms with Crippen molar-refractivity contribution in [2.24, 2.45) is 0 Å². The molecule has 0 spiro atoms. The van der Waals surface area contributed by atoms with Crippen molar-refractivity contribution in [2.75, 3.05) is 0 Å². The number of hydrogen-bond donors (Lipinski definition) is 2. The molecule has 9 heteroatoms. The van der Waals surface area contributed by atoms with Gasteiger partial charge in [0.05, 0.1) is 10.7 Å². The maximum absolute atomic E-state index is 11.6. The molecule has 0 aliphatic heterocycles. The molecule has 0 radical (unpaired) electrons. The molecule has 0 unspecified atom stereocenters. The molecule has 0 saturated heterocycles. The molecule has 0 amide bonds. The highest BCUT2D eigenvalue weighted by Crippen LogP contribution is 2.23. The van der Waals surface area contributed by atoms with Crippen LogP contribution in [0.3, 0.4) is 0 Å². The lowest BCUT2D eigenvalue weighted by atomic mass is 10.3. The molecule has 0 fully saturated rings. The minimum atomic E-state index is -1.52. The van der Waals surface area contributed by atoms with E-state index in [0.29, 0.717) is 9.50 Å². The van der Waals surface area contributed by atoms with Crippen LogP contribution in [-0.4, -0.2) is 25.8 Å². The molecule has 0 bridgehead atoms. The van der Waals surface area contributed by atoms with Crippen molar-refractivity contribution in [3.05, 3.63) is 54.2 Å². The molecule has 1 aromatic heterocycles. The first-order valence-corrected chi connectivity index (χ1v) is 5.99. The number of carboxylic acid groups (broad SMARTS) is 1. The van der Waals surface area contributed by atoms with E-state index >= 15 is 0 Å². The lowest BCUT2D eigenvalue weighted by molar-refractivity contribution is 0.0685. The summed E-state index contributed by atoms with van der Waals surface area (Å²) in [5.74, 6) is -1.52. The fourth-order valence-corrected chi connectivity index (χ4v) is 1.82. The average Bonchev–Trinajstić information content (AvgIpc) is 2.32. The van der Waals surface area contributed by atoms with Gasteiger partial charge >= 0.3 is 11.7 Å². The molecule has 2 aromatic rings. The number of aromatic carboxylic acids is 1. The number of aromatic nitrogens is 3. The monoisotopic (exact) mass is 345 g/mol. The van der Waals surface area contributed by atoms with Crippen molar-refractivity contribution in [3.8, 4) is 5.69 Å². The van der Waals surface area contributed by atoms with E-state index in [4.69, 9.17) is 16.7 Å². The van der Waals surface area contributed by atoms with Crippen LogP contribution in [-0.2, 0) is 0 Å². The molecule has 0 aliphatic carbocycles. The van der Waals surface area contributed by atoms with E-state index in [9.17, 15) is 14.4 Å². The van der Waals surface area contributed by atoms with Crippen LogP contribution in [0.2, 0.25) is 5.02 Å². The van der Waals surface area contributed by atoms with Gasteiger partial charge in [-0.15, -0.1) is 0 Å². The van der Waals surface area contributed by atoms with Crippen LogP contribution >= 0.6 is 27.5 Å². The number of halogens is 2. The molecule has 2 rings (SSSR count). The van der Waals surface area contributed by atoms with Crippen LogP contribution in [0.4, 0.5) is 0 Å². The highest BCUT2D eigenvalue weighted by molar-refractivity contribution is 9.10. The second kappa shape index (κ2) is 4.98. The number of nitrogens with one attached hydrogen (secondary N) is 1. The normalized spacial score (nSPS) is 10.4. The number of aromatic amines is 1. The first-order valence-electron chi connectivity index (χ1n) is 4.82. The molecule has 0 aliphatic rings. The van der Waals surface area contributed by atoms with Crippen molar-refractivity contribution in [1.29, 1.82) is 0 Å². The van der Waals surface area contributed by atoms with Gasteiger partial charge in [-0.05, 0) is 34.1 Å². The maximum atomic E-state index is 11.6. The molecule has 19 heavy (non-hydrogen) atoms. The van der Waals surface area contributed by atoms with Crippen molar-refractivity contribution in [3.63, 3.8) is 0 Å². The van der Waals surface area contributed by atoms with Gasteiger partial charge in [0.1, 0.15) is 0 Å². The predicted octanol–water partition coefficient (Wildman–Crippen LogP) is 1.03. The molecule has 98 valence electrons. The summed E-state index contributed by atoms with van der Waals surface area (Å²) in [6, 6.07) is 4.44. The number of benzene rings is 1. The van der Waals surface area contributed by atoms with Crippen molar-refractivity contribution in [1.82, 2.24) is 14.8 Å². The second-order valence-electron chi connectivity index (χ2n) is 3.42. The Kier molecular flexibility index (Phi) is 3.54. The summed E-state index contributed by atoms with van der Waals surface area (Å²) in [5, 5.41) is 12.7. The quantitative estimate of drug-likeness (QED) is 0.845. The lowest BCUT2D eigenvalue weighted by Crippen LogP contribution is -2.35. The zero-order chi connectivity index (χ0) is 14.2. The molecule has 7 nitrogen and oxygen atoms in total. The van der Waals surface area contributed by atoms with Crippen LogP contribution in [0.25, 0.3) is 5.69 Å². The van der Waals surface area contributed by atoms with E-state index in [1.165, 1.54) is 18.2 Å². The summed E-state index contributed by atoms with van der Waals surface area (Å²) in [7, 11) is 0. The standard InChI is InChI=1S/C10H5BrClN3O4/c11-5-3-4(1-2-6(5)12)15-10(19)13-8(16)7(14-15)9(17)18/h1-3H,(H,17,18)(H,13,16,19). The van der Waals surface area contributed by atoms with E-state index in [-0.39, 0.29) is 5.69 Å². The first-order chi connectivity index (χ1) is 8.90. The van der Waals surface area contributed by atoms with Crippen molar-refractivity contribution in [2.45, 2.75) is 0 Å². The van der Waals surface area contributed by atoms with Crippen molar-refractivity contribution >= 4 is 33.5 Å². The maximum Gasteiger partial charge on any atom is 0.362 e. The molecule has 1 aromatic carbocycles. The molecular formula is C10H5BrClN3O4. The Balaban J connectivity index is 2.71. The second-order valence-corrected chi connectivity index (χ2v) is 4.68. The van der Waals surface area contributed by atoms with Gasteiger partial charge in [-0.3, -0.25) is 9.78 Å². The molecule has 0 saturated carbocycles. The Morgan fingerprint density at radius 1 is 1.42 bits per heavy atom. The van der Waals surface area contributed by atoms with Crippen LogP contribution < -0.4 is 11.2 Å². The molecular weight excluding hydrogens is 341 g/mol. The number of carbonyl (C=O) groups is 1. The number of carboxylic acids is 1. The van der Waals surface area contributed by atoms with Gasteiger partial charge < -0.3 is 5.11 Å². The fraction of sp³-hybridized carbons (Fsp3) is 0. The summed E-state index contributed by atoms with van der Waals surface area (Å²) in [6.45, 7) is 0. The van der Waals surface area contributed by atoms with Crippen LogP contribution in [0, 0.1) is 0 Å². The summed E-state index contributed by atoms with van der Waals surface area (Å²) < 4.78 is 1.27. The predicted molar refractivity (Wildman–Crippen MR) is 70.1 cm³/mol. The lowest BCUT2D eigenvalue weighted by Gasteiger charge is -2.05. The van der Waals surface area contributed by atoms with E-state index in [0.717, 1.165) is 4.68 Å². The zero-order valence-corrected chi connectivity index (χ0v) is 11.4. The third-order valence-corrected chi connectivity index (χ3v) is 3.39. The van der Waals surface area contributed by atoms with E-state index in [1.54, 1.807) is 0 Å². The van der Waals surface area contributed by atoms with Crippen LogP contribution in [0.15, 0.2) is 32.3 Å². The molecule has 2 N–H and O–H groups in total. The van der Waals surface area contributed by atoms with Gasteiger partial charge in [0.25, 0.3) is 5.56 Å². The van der Waals surface area contributed by atoms with Gasteiger partial charge in [0, 0.05) is 4.47 Å². The average molecular weight is 347 g/mol. The van der Waals surface area contributed by atoms with Gasteiger partial charge in [0.15, 0.2) is 0 Å². The summed E-state index contributed by atoms with van der Waals surface area (Å²) in [5.41, 5.74) is -2.41. The Hall–Kier alpha value is -1.93. The van der Waals surface area contributed by atoms with E-state index in [1.807, 2.05) is 4.98 Å². The minimum absolute atomic E-state index is 0.264. The Morgan fingerprint density at radius 3 is 2.68 bits per heavy atom. The minimum Gasteiger partial charge on any atom is -0.476 e. The van der Waals surface area contributed by atoms with Gasteiger partial charge in [0.2, 0.25) is 5.69 Å². The molecule has 1 heterocycles. The van der Waals surface area contributed by atoms with Gasteiger partial charge in [-0.1, -0.05) is 11.6 Å². The highest BCUT2D eigenvalue weighted by Gasteiger charge is 2.15. The van der Waals surface area contributed by atoms with Gasteiger partial charge in [-0.2, -0.15) is 9.78 Å². The SMILES string of the molecule is O=C(O)c1nn(-c2ccc(Cl)c(Br)c2)c(=O)[nH]c1=O. The summed E-state index contributed by atoms with van der Waals surface area (Å²) in [4.78, 5) is 35.5. The highest BCUT2D eigenvalue weighted by atomic mass is 79.9. The number of nitrogens with zero attached hydrogens (tertiary/aromatic N) is 2. The van der Waals surface area contributed by atoms with Crippen LogP contribution in [0.1, 0.15) is 10.5 Å². The van der Waals surface area contributed by atoms with E-state index < -0.39 is 22.9 Å². The number of hydrogen-bond acceptors (Lipinski definition) is 4. The van der Waals surface area contributed by atoms with Gasteiger partial charge in [-0.25, -0.2) is 9.59 Å². The largest absolute Gasteiger partial charge is 0.476 e. The number of H-pyrrole nitrogens is 1. The van der Waals surface area contributed by atoms with E-state index in [2.05, 4.69) is 21.0 Å². The number of rotatable bonds is 2. The summed E-state index contributed by atoms with van der Waals surface area (Å²) in [6.07, 6.45) is 0. The topological polar surface area (TPSA) is 105 Å². The Labute approximate surface area is 118 Å². The molecule has 0 atom stereocenters. The first kappa shape index (κ1) is 13.5. The Morgan fingerprint density at radius 2 is 2.11 bits per heavy atom. The van der Waals surface area contributed by atoms with Crippen LogP contribution in [0.5, 0.6) is 0 Å². The zero-order valence-electron chi connectivity index (χ0n) is 9.05. The fourth-order valence-electron chi connectivity index (χ4n) is 1.33. The third kappa shape index (κ3) is 2.59. The summed E-state index contributed by atoms with van der Waals surface area (Å²) >= 11 is 8.97. The third-order valence-electron chi connectivity index (χ3n) is 2.18. The van der Waals surface area contributed by atoms with Crippen molar-refractivity contribution < 1.29 is 9.90 Å².